The Kier molecular flexibility index (Phi) is 5.36. The number of benzene rings is 1. The van der Waals surface area contributed by atoms with Crippen LogP contribution < -0.4 is 4.74 Å². The van der Waals surface area contributed by atoms with Gasteiger partial charge in [-0.15, -0.1) is 0 Å². The summed E-state index contributed by atoms with van der Waals surface area (Å²) in [6.45, 7) is 8.28. The predicted molar refractivity (Wildman–Crippen MR) is 97.2 cm³/mol. The molecule has 2 saturated heterocycles. The van der Waals surface area contributed by atoms with Gasteiger partial charge < -0.3 is 19.3 Å². The normalized spacial score (nSPS) is 28.0. The Bertz CT molecular complexity index is 688. The van der Waals surface area contributed by atoms with E-state index in [1.807, 2.05) is 27.7 Å². The number of hydrogen-bond donors (Lipinski definition) is 1. The standard InChI is InChI=1S/C20H28FNO5/c1-5-26-15-6-7-16(17(21)8-15)20(24)9-13-11-25-12-14(10-20)22(13)18(23)27-19(2,3)4/h6-8,13-14,24H,5,9-12H2,1-4H3. The molecule has 0 spiro atoms. The molecule has 0 aliphatic carbocycles. The van der Waals surface area contributed by atoms with E-state index >= 15 is 0 Å². The van der Waals surface area contributed by atoms with E-state index in [1.165, 1.54) is 6.07 Å². The maximum Gasteiger partial charge on any atom is 0.410 e. The van der Waals surface area contributed by atoms with Gasteiger partial charge in [0.25, 0.3) is 0 Å². The van der Waals surface area contributed by atoms with Crippen molar-refractivity contribution in [3.63, 3.8) is 0 Å². The van der Waals surface area contributed by atoms with E-state index < -0.39 is 23.1 Å². The quantitative estimate of drug-likeness (QED) is 0.871. The number of nitrogens with zero attached hydrogens (tertiary/aromatic N) is 1. The summed E-state index contributed by atoms with van der Waals surface area (Å²) in [5, 5.41) is 11.3. The van der Waals surface area contributed by atoms with Gasteiger partial charge >= 0.3 is 6.09 Å². The van der Waals surface area contributed by atoms with Crippen molar-refractivity contribution in [1.29, 1.82) is 0 Å². The van der Waals surface area contributed by atoms with Gasteiger partial charge in [-0.05, 0) is 39.8 Å². The number of carbonyl (C=O) groups is 1. The Morgan fingerprint density at radius 1 is 1.33 bits per heavy atom. The van der Waals surface area contributed by atoms with E-state index in [-0.39, 0.29) is 43.7 Å². The van der Waals surface area contributed by atoms with Crippen LogP contribution in [0.15, 0.2) is 18.2 Å². The molecule has 1 N–H and O–H groups in total. The molecule has 2 aliphatic heterocycles. The topological polar surface area (TPSA) is 68.2 Å². The van der Waals surface area contributed by atoms with Crippen LogP contribution >= 0.6 is 0 Å². The fraction of sp³-hybridized carbons (Fsp3) is 0.650. The van der Waals surface area contributed by atoms with Gasteiger partial charge in [-0.2, -0.15) is 0 Å². The van der Waals surface area contributed by atoms with Crippen LogP contribution in [0.1, 0.15) is 46.1 Å². The van der Waals surface area contributed by atoms with Gasteiger partial charge in [0.05, 0.1) is 37.5 Å². The lowest BCUT2D eigenvalue weighted by molar-refractivity contribution is -0.142. The number of halogens is 1. The molecule has 2 bridgehead atoms. The number of piperidine rings is 1. The molecule has 1 aromatic rings. The van der Waals surface area contributed by atoms with Crippen molar-refractivity contribution in [2.24, 2.45) is 0 Å². The summed E-state index contributed by atoms with van der Waals surface area (Å²) in [5.41, 5.74) is -1.75. The molecule has 2 fully saturated rings. The fourth-order valence-electron chi connectivity index (χ4n) is 3.94. The molecule has 6 nitrogen and oxygen atoms in total. The van der Waals surface area contributed by atoms with Gasteiger partial charge in [0, 0.05) is 24.5 Å². The van der Waals surface area contributed by atoms with Gasteiger partial charge in [-0.3, -0.25) is 4.90 Å². The maximum absolute atomic E-state index is 14.7. The van der Waals surface area contributed by atoms with E-state index in [1.54, 1.807) is 17.0 Å². The second-order valence-electron chi connectivity index (χ2n) is 8.25. The van der Waals surface area contributed by atoms with Crippen molar-refractivity contribution in [3.8, 4) is 5.75 Å². The highest BCUT2D eigenvalue weighted by atomic mass is 19.1. The van der Waals surface area contributed by atoms with Crippen LogP contribution in [-0.2, 0) is 15.1 Å². The first kappa shape index (κ1) is 19.9. The summed E-state index contributed by atoms with van der Waals surface area (Å²) >= 11 is 0. The van der Waals surface area contributed by atoms with E-state index in [2.05, 4.69) is 0 Å². The molecule has 2 heterocycles. The van der Waals surface area contributed by atoms with Crippen LogP contribution in [0, 0.1) is 5.82 Å². The number of morpholine rings is 1. The van der Waals surface area contributed by atoms with Crippen LogP contribution in [0.4, 0.5) is 9.18 Å². The number of carbonyl (C=O) groups excluding carboxylic acids is 1. The SMILES string of the molecule is CCOc1ccc(C2(O)CC3COCC(C2)N3C(=O)OC(C)(C)C)c(F)c1. The van der Waals surface area contributed by atoms with Crippen LogP contribution in [0.5, 0.6) is 5.75 Å². The van der Waals surface area contributed by atoms with E-state index in [0.29, 0.717) is 12.4 Å². The third kappa shape index (κ3) is 4.19. The summed E-state index contributed by atoms with van der Waals surface area (Å²) in [7, 11) is 0. The van der Waals surface area contributed by atoms with Crippen molar-refractivity contribution in [1.82, 2.24) is 4.90 Å². The number of aliphatic hydroxyl groups is 1. The van der Waals surface area contributed by atoms with E-state index in [4.69, 9.17) is 14.2 Å². The Morgan fingerprint density at radius 3 is 2.48 bits per heavy atom. The molecular formula is C20H28FNO5. The first-order valence-corrected chi connectivity index (χ1v) is 9.37. The van der Waals surface area contributed by atoms with Crippen molar-refractivity contribution in [2.75, 3.05) is 19.8 Å². The lowest BCUT2D eigenvalue weighted by Crippen LogP contribution is -2.63. The van der Waals surface area contributed by atoms with Crippen LogP contribution in [-0.4, -0.2) is 53.6 Å². The Balaban J connectivity index is 1.84. The monoisotopic (exact) mass is 381 g/mol. The van der Waals surface area contributed by atoms with Crippen molar-refractivity contribution >= 4 is 6.09 Å². The number of fused-ring (bicyclic) bond motifs is 2. The molecule has 3 rings (SSSR count). The number of ether oxygens (including phenoxy) is 3. The third-order valence-corrected chi connectivity index (χ3v) is 4.91. The van der Waals surface area contributed by atoms with Gasteiger partial charge in [0.2, 0.25) is 0 Å². The smallest absolute Gasteiger partial charge is 0.410 e. The number of hydrogen-bond acceptors (Lipinski definition) is 5. The van der Waals surface area contributed by atoms with Gasteiger partial charge in [-0.1, -0.05) is 0 Å². The van der Waals surface area contributed by atoms with Crippen molar-refractivity contribution in [3.05, 3.63) is 29.6 Å². The number of rotatable bonds is 3. The van der Waals surface area contributed by atoms with Crippen LogP contribution in [0.25, 0.3) is 0 Å². The van der Waals surface area contributed by atoms with Crippen molar-refractivity contribution in [2.45, 2.75) is 63.8 Å². The van der Waals surface area contributed by atoms with E-state index in [9.17, 15) is 14.3 Å². The molecule has 1 aromatic carbocycles. The minimum atomic E-state index is -1.37. The molecular weight excluding hydrogens is 353 g/mol. The number of amides is 1. The molecule has 0 aromatic heterocycles. The highest BCUT2D eigenvalue weighted by Crippen LogP contribution is 2.42. The van der Waals surface area contributed by atoms with Gasteiger partial charge in [0.1, 0.15) is 17.2 Å². The lowest BCUT2D eigenvalue weighted by atomic mass is 9.76. The highest BCUT2D eigenvalue weighted by molar-refractivity contribution is 5.69. The minimum Gasteiger partial charge on any atom is -0.494 e. The molecule has 2 aliphatic rings. The summed E-state index contributed by atoms with van der Waals surface area (Å²) in [5.74, 6) is -0.0785. The minimum absolute atomic E-state index is 0.188. The molecule has 7 heteroatoms. The second-order valence-corrected chi connectivity index (χ2v) is 8.25. The summed E-state index contributed by atoms with van der Waals surface area (Å²) in [6, 6.07) is 3.78. The van der Waals surface area contributed by atoms with E-state index in [0.717, 1.165) is 0 Å². The van der Waals surface area contributed by atoms with Crippen LogP contribution in [0.3, 0.4) is 0 Å². The molecule has 27 heavy (non-hydrogen) atoms. The average Bonchev–Trinajstić information content (AvgIpc) is 2.52. The van der Waals surface area contributed by atoms with Gasteiger partial charge in [0.15, 0.2) is 0 Å². The summed E-state index contributed by atoms with van der Waals surface area (Å²) in [4.78, 5) is 14.3. The largest absolute Gasteiger partial charge is 0.494 e. The highest BCUT2D eigenvalue weighted by Gasteiger charge is 2.50. The molecule has 0 saturated carbocycles. The zero-order valence-electron chi connectivity index (χ0n) is 16.3. The average molecular weight is 381 g/mol. The molecule has 150 valence electrons. The first-order chi connectivity index (χ1) is 12.6. The zero-order chi connectivity index (χ0) is 19.8. The fourth-order valence-corrected chi connectivity index (χ4v) is 3.94. The second kappa shape index (κ2) is 7.28. The molecule has 1 amide bonds. The Hall–Kier alpha value is -1.86. The Morgan fingerprint density at radius 2 is 1.96 bits per heavy atom. The zero-order valence-corrected chi connectivity index (χ0v) is 16.3. The summed E-state index contributed by atoms with van der Waals surface area (Å²) < 4.78 is 31.1. The summed E-state index contributed by atoms with van der Waals surface area (Å²) in [6.07, 6.45) is -0.0450. The first-order valence-electron chi connectivity index (χ1n) is 9.37. The molecule has 0 radical (unpaired) electrons. The van der Waals surface area contributed by atoms with Crippen molar-refractivity contribution < 1.29 is 28.5 Å². The predicted octanol–water partition coefficient (Wildman–Crippen LogP) is 3.21. The van der Waals surface area contributed by atoms with Crippen LogP contribution in [0.2, 0.25) is 0 Å². The molecule has 2 unspecified atom stereocenters. The maximum atomic E-state index is 14.7. The third-order valence-electron chi connectivity index (χ3n) is 4.91. The lowest BCUT2D eigenvalue weighted by Gasteiger charge is -2.51. The van der Waals surface area contributed by atoms with Gasteiger partial charge in [-0.25, -0.2) is 9.18 Å². The Labute approximate surface area is 159 Å². The molecule has 2 atom stereocenters.